The molecule has 4 rings (SSSR count). The Kier molecular flexibility index (Phi) is 6.22. The number of non-ortho nitro benzene ring substituents is 1. The number of carbonyl (C=O) groups excluding carboxylic acids is 2. The van der Waals surface area contributed by atoms with E-state index in [0.717, 1.165) is 4.70 Å². The molecule has 10 heteroatoms. The Bertz CT molecular complexity index is 1220. The van der Waals surface area contributed by atoms with Crippen LogP contribution in [0.3, 0.4) is 0 Å². The molecule has 0 aliphatic heterocycles. The predicted octanol–water partition coefficient (Wildman–Crippen LogP) is 3.46. The molecule has 0 saturated carbocycles. The summed E-state index contributed by atoms with van der Waals surface area (Å²) in [5, 5.41) is 16.6. The molecule has 2 amide bonds. The van der Waals surface area contributed by atoms with Crippen LogP contribution < -0.4 is 10.6 Å². The molecule has 0 aliphatic rings. The SMILES string of the molecule is O=C(NC(Cc1ccc([N+](=O)[O-])cc1)C(=O)NCc1ccco1)c1nc2ccccc2s1. The summed E-state index contributed by atoms with van der Waals surface area (Å²) in [6.45, 7) is 0.166. The number of para-hydroxylation sites is 1. The van der Waals surface area contributed by atoms with E-state index >= 15 is 0 Å². The lowest BCUT2D eigenvalue weighted by molar-refractivity contribution is -0.384. The molecule has 32 heavy (non-hydrogen) atoms. The maximum Gasteiger partial charge on any atom is 0.280 e. The average Bonchev–Trinajstić information content (AvgIpc) is 3.47. The number of nitrogens with zero attached hydrogens (tertiary/aromatic N) is 2. The van der Waals surface area contributed by atoms with Crippen molar-refractivity contribution in [2.75, 3.05) is 0 Å². The second-order valence-corrected chi connectivity index (χ2v) is 7.97. The minimum atomic E-state index is -0.911. The minimum absolute atomic E-state index is 0.0499. The molecule has 1 atom stereocenters. The normalized spacial score (nSPS) is 11.8. The molecule has 0 bridgehead atoms. The Balaban J connectivity index is 1.51. The molecule has 2 N–H and O–H groups in total. The molecule has 2 aromatic heterocycles. The van der Waals surface area contributed by atoms with Crippen LogP contribution in [0, 0.1) is 10.1 Å². The molecule has 9 nitrogen and oxygen atoms in total. The van der Waals surface area contributed by atoms with Gasteiger partial charge in [-0.25, -0.2) is 4.98 Å². The number of hydrogen-bond acceptors (Lipinski definition) is 7. The predicted molar refractivity (Wildman–Crippen MR) is 118 cm³/mol. The van der Waals surface area contributed by atoms with E-state index in [9.17, 15) is 19.7 Å². The molecule has 2 aromatic carbocycles. The molecule has 1 unspecified atom stereocenters. The number of rotatable bonds is 8. The Labute approximate surface area is 186 Å². The zero-order valence-corrected chi connectivity index (χ0v) is 17.5. The van der Waals surface area contributed by atoms with Gasteiger partial charge >= 0.3 is 0 Å². The summed E-state index contributed by atoms with van der Waals surface area (Å²) in [5.41, 5.74) is 1.32. The first kappa shape index (κ1) is 21.2. The van der Waals surface area contributed by atoms with Gasteiger partial charge in [0.05, 0.1) is 27.9 Å². The van der Waals surface area contributed by atoms with Crippen molar-refractivity contribution in [2.45, 2.75) is 19.0 Å². The van der Waals surface area contributed by atoms with E-state index in [1.54, 1.807) is 24.3 Å². The zero-order chi connectivity index (χ0) is 22.5. The lowest BCUT2D eigenvalue weighted by Crippen LogP contribution is -2.47. The Hall–Kier alpha value is -4.05. The van der Waals surface area contributed by atoms with E-state index < -0.39 is 22.8 Å². The molecule has 0 aliphatic carbocycles. The van der Waals surface area contributed by atoms with Crippen molar-refractivity contribution in [1.29, 1.82) is 0 Å². The summed E-state index contributed by atoms with van der Waals surface area (Å²) in [7, 11) is 0. The van der Waals surface area contributed by atoms with Gasteiger partial charge in [0.2, 0.25) is 5.91 Å². The van der Waals surface area contributed by atoms with Crippen molar-refractivity contribution in [3.63, 3.8) is 0 Å². The molecule has 162 valence electrons. The summed E-state index contributed by atoms with van der Waals surface area (Å²) in [6, 6.07) is 15.8. The highest BCUT2D eigenvalue weighted by molar-refractivity contribution is 7.20. The van der Waals surface area contributed by atoms with Crippen LogP contribution >= 0.6 is 11.3 Å². The van der Waals surface area contributed by atoms with Crippen molar-refractivity contribution in [1.82, 2.24) is 15.6 Å². The fourth-order valence-electron chi connectivity index (χ4n) is 3.10. The largest absolute Gasteiger partial charge is 0.467 e. The van der Waals surface area contributed by atoms with Gasteiger partial charge in [0.15, 0.2) is 5.01 Å². The number of benzene rings is 2. The number of hydrogen-bond donors (Lipinski definition) is 2. The van der Waals surface area contributed by atoms with Crippen molar-refractivity contribution in [3.8, 4) is 0 Å². The molecule has 0 saturated heterocycles. The number of thiazole rings is 1. The van der Waals surface area contributed by atoms with Crippen LogP contribution in [0.15, 0.2) is 71.3 Å². The number of amides is 2. The highest BCUT2D eigenvalue weighted by Gasteiger charge is 2.24. The standard InChI is InChI=1S/C22H18N4O5S/c27-20(23-13-16-4-3-11-31-16)18(12-14-7-9-15(10-8-14)26(29)30)24-21(28)22-25-17-5-1-2-6-19(17)32-22/h1-11,18H,12-13H2,(H,23,27)(H,24,28). The maximum atomic E-state index is 12.9. The highest BCUT2D eigenvalue weighted by Crippen LogP contribution is 2.21. The molecular weight excluding hydrogens is 432 g/mol. The molecular formula is C22H18N4O5S. The Morgan fingerprint density at radius 3 is 2.56 bits per heavy atom. The molecule has 4 aromatic rings. The number of nitro groups is 1. The van der Waals surface area contributed by atoms with Crippen molar-refractivity contribution in [3.05, 3.63) is 93.4 Å². The quantitative estimate of drug-likeness (QED) is 0.313. The van der Waals surface area contributed by atoms with Gasteiger partial charge in [-0.3, -0.25) is 19.7 Å². The number of aromatic nitrogens is 1. The van der Waals surface area contributed by atoms with Gasteiger partial charge in [0.25, 0.3) is 11.6 Å². The summed E-state index contributed by atoms with van der Waals surface area (Å²) in [4.78, 5) is 40.4. The smallest absolute Gasteiger partial charge is 0.280 e. The van der Waals surface area contributed by atoms with Crippen LogP contribution in [-0.2, 0) is 17.8 Å². The van der Waals surface area contributed by atoms with Crippen LogP contribution in [0.5, 0.6) is 0 Å². The highest BCUT2D eigenvalue weighted by atomic mass is 32.1. The third kappa shape index (κ3) is 4.98. The molecule has 2 heterocycles. The third-order valence-electron chi connectivity index (χ3n) is 4.71. The first-order valence-corrected chi connectivity index (χ1v) is 10.5. The lowest BCUT2D eigenvalue weighted by Gasteiger charge is -2.18. The van der Waals surface area contributed by atoms with Crippen LogP contribution in [0.25, 0.3) is 10.2 Å². The van der Waals surface area contributed by atoms with Gasteiger partial charge in [-0.1, -0.05) is 24.3 Å². The van der Waals surface area contributed by atoms with Gasteiger partial charge in [-0.15, -0.1) is 11.3 Å². The van der Waals surface area contributed by atoms with Crippen LogP contribution in [0.1, 0.15) is 21.1 Å². The second-order valence-electron chi connectivity index (χ2n) is 6.94. The summed E-state index contributed by atoms with van der Waals surface area (Å²) in [5.74, 6) is -0.301. The fourth-order valence-corrected chi connectivity index (χ4v) is 3.97. The van der Waals surface area contributed by atoms with Gasteiger partial charge < -0.3 is 15.1 Å². The number of nitrogens with one attached hydrogen (secondary N) is 2. The van der Waals surface area contributed by atoms with Crippen molar-refractivity contribution >= 4 is 39.1 Å². The summed E-state index contributed by atoms with van der Waals surface area (Å²) >= 11 is 1.24. The van der Waals surface area contributed by atoms with E-state index in [-0.39, 0.29) is 23.7 Å². The van der Waals surface area contributed by atoms with Crippen LogP contribution in [0.2, 0.25) is 0 Å². The maximum absolute atomic E-state index is 12.9. The second kappa shape index (κ2) is 9.40. The Morgan fingerprint density at radius 1 is 1.09 bits per heavy atom. The first-order chi connectivity index (χ1) is 15.5. The van der Waals surface area contributed by atoms with E-state index in [4.69, 9.17) is 4.42 Å². The zero-order valence-electron chi connectivity index (χ0n) is 16.7. The minimum Gasteiger partial charge on any atom is -0.467 e. The number of furan rings is 1. The number of carbonyl (C=O) groups is 2. The van der Waals surface area contributed by atoms with E-state index in [1.165, 1.54) is 29.7 Å². The van der Waals surface area contributed by atoms with Crippen molar-refractivity contribution < 1.29 is 18.9 Å². The lowest BCUT2D eigenvalue weighted by atomic mass is 10.0. The van der Waals surface area contributed by atoms with Gasteiger partial charge in [-0.05, 0) is 29.8 Å². The topological polar surface area (TPSA) is 127 Å². The monoisotopic (exact) mass is 450 g/mol. The number of fused-ring (bicyclic) bond motifs is 1. The van der Waals surface area contributed by atoms with Gasteiger partial charge in [0.1, 0.15) is 11.8 Å². The average molecular weight is 450 g/mol. The van der Waals surface area contributed by atoms with Gasteiger partial charge in [-0.2, -0.15) is 0 Å². The van der Waals surface area contributed by atoms with Crippen molar-refractivity contribution in [2.24, 2.45) is 0 Å². The molecule has 0 radical (unpaired) electrons. The van der Waals surface area contributed by atoms with E-state index in [1.807, 2.05) is 24.3 Å². The first-order valence-electron chi connectivity index (χ1n) is 9.69. The summed E-state index contributed by atoms with van der Waals surface area (Å²) < 4.78 is 6.09. The number of nitro benzene ring substituents is 1. The van der Waals surface area contributed by atoms with E-state index in [2.05, 4.69) is 15.6 Å². The van der Waals surface area contributed by atoms with Gasteiger partial charge in [0, 0.05) is 18.6 Å². The van der Waals surface area contributed by atoms with Crippen LogP contribution in [-0.4, -0.2) is 27.8 Å². The molecule has 0 spiro atoms. The van der Waals surface area contributed by atoms with E-state index in [0.29, 0.717) is 16.8 Å². The van der Waals surface area contributed by atoms with Crippen LogP contribution in [0.4, 0.5) is 5.69 Å². The third-order valence-corrected chi connectivity index (χ3v) is 5.75. The molecule has 0 fully saturated rings. The Morgan fingerprint density at radius 2 is 1.88 bits per heavy atom. The summed E-state index contributed by atoms with van der Waals surface area (Å²) in [6.07, 6.45) is 1.66. The fraction of sp³-hybridized carbons (Fsp3) is 0.136.